The molecule has 1 aliphatic heterocycles. The van der Waals surface area contributed by atoms with E-state index in [2.05, 4.69) is 20.8 Å². The first-order valence-corrected chi connectivity index (χ1v) is 5.89. The maximum Gasteiger partial charge on any atom is 0.223 e. The van der Waals surface area contributed by atoms with Gasteiger partial charge in [0.25, 0.3) is 0 Å². The Bertz CT molecular complexity index is 226. The molecule has 88 valence electrons. The van der Waals surface area contributed by atoms with Crippen LogP contribution in [0.25, 0.3) is 0 Å². The van der Waals surface area contributed by atoms with Crippen LogP contribution in [-0.2, 0) is 9.53 Å². The number of rotatable bonds is 3. The largest absolute Gasteiger partial charge is 0.374 e. The van der Waals surface area contributed by atoms with Crippen molar-refractivity contribution in [3.05, 3.63) is 0 Å². The number of carbonyl (C=O) groups excluding carboxylic acids is 1. The number of hydrogen-bond acceptors (Lipinski definition) is 2. The van der Waals surface area contributed by atoms with Gasteiger partial charge in [0.2, 0.25) is 5.91 Å². The van der Waals surface area contributed by atoms with Crippen molar-refractivity contribution in [2.45, 2.75) is 58.6 Å². The number of morpholine rings is 1. The third kappa shape index (κ3) is 3.20. The number of hydrogen-bond donors (Lipinski definition) is 0. The molecule has 0 unspecified atom stereocenters. The van der Waals surface area contributed by atoms with Gasteiger partial charge in [-0.3, -0.25) is 4.79 Å². The molecule has 1 aliphatic rings. The zero-order chi connectivity index (χ0) is 11.5. The van der Waals surface area contributed by atoms with E-state index in [9.17, 15) is 4.79 Å². The van der Waals surface area contributed by atoms with E-state index in [0.29, 0.717) is 13.0 Å². The SMILES string of the molecule is CCCCC(=O)N1C[C@H](C)OCC1(C)C. The maximum atomic E-state index is 12.0. The van der Waals surface area contributed by atoms with Crippen molar-refractivity contribution in [2.24, 2.45) is 0 Å². The van der Waals surface area contributed by atoms with Crippen LogP contribution in [0.5, 0.6) is 0 Å². The van der Waals surface area contributed by atoms with E-state index in [1.807, 2.05) is 11.8 Å². The number of ether oxygens (including phenoxy) is 1. The van der Waals surface area contributed by atoms with E-state index in [1.165, 1.54) is 0 Å². The molecule has 0 N–H and O–H groups in total. The molecule has 0 aromatic carbocycles. The Labute approximate surface area is 92.8 Å². The summed E-state index contributed by atoms with van der Waals surface area (Å²) in [5, 5.41) is 0. The summed E-state index contributed by atoms with van der Waals surface area (Å²) in [6, 6.07) is 0. The molecule has 0 spiro atoms. The van der Waals surface area contributed by atoms with Crippen LogP contribution in [0.2, 0.25) is 0 Å². The minimum absolute atomic E-state index is 0.142. The molecule has 1 fully saturated rings. The fourth-order valence-electron chi connectivity index (χ4n) is 1.88. The molecule has 0 aromatic heterocycles. The molecule has 0 bridgehead atoms. The first-order valence-electron chi connectivity index (χ1n) is 5.89. The van der Waals surface area contributed by atoms with E-state index < -0.39 is 0 Å². The third-order valence-corrected chi connectivity index (χ3v) is 2.94. The standard InChI is InChI=1S/C12H23NO2/c1-5-6-7-11(14)13-8-10(2)15-9-12(13,3)4/h10H,5-9H2,1-4H3/t10-/m0/s1. The molecule has 1 saturated heterocycles. The van der Waals surface area contributed by atoms with Gasteiger partial charge in [0.05, 0.1) is 18.2 Å². The van der Waals surface area contributed by atoms with Crippen LogP contribution in [0.3, 0.4) is 0 Å². The van der Waals surface area contributed by atoms with Crippen molar-refractivity contribution in [3.8, 4) is 0 Å². The van der Waals surface area contributed by atoms with E-state index in [1.54, 1.807) is 0 Å². The Hall–Kier alpha value is -0.570. The first kappa shape index (κ1) is 12.5. The van der Waals surface area contributed by atoms with Crippen molar-refractivity contribution in [1.82, 2.24) is 4.90 Å². The minimum Gasteiger partial charge on any atom is -0.374 e. The highest BCUT2D eigenvalue weighted by Gasteiger charge is 2.36. The molecule has 1 rings (SSSR count). The van der Waals surface area contributed by atoms with Crippen molar-refractivity contribution in [3.63, 3.8) is 0 Å². The first-order chi connectivity index (χ1) is 6.97. The summed E-state index contributed by atoms with van der Waals surface area (Å²) in [5.41, 5.74) is -0.142. The molecule has 15 heavy (non-hydrogen) atoms. The summed E-state index contributed by atoms with van der Waals surface area (Å²) in [7, 11) is 0. The lowest BCUT2D eigenvalue weighted by atomic mass is 10.00. The van der Waals surface area contributed by atoms with Gasteiger partial charge in [-0.05, 0) is 27.2 Å². The Kier molecular flexibility index (Phi) is 4.14. The molecule has 1 amide bonds. The second-order valence-corrected chi connectivity index (χ2v) is 5.04. The highest BCUT2D eigenvalue weighted by atomic mass is 16.5. The van der Waals surface area contributed by atoms with Gasteiger partial charge in [0.1, 0.15) is 0 Å². The zero-order valence-electron chi connectivity index (χ0n) is 10.4. The lowest BCUT2D eigenvalue weighted by Gasteiger charge is -2.44. The summed E-state index contributed by atoms with van der Waals surface area (Å²) in [5.74, 6) is 0.275. The maximum absolute atomic E-state index is 12.0. The highest BCUT2D eigenvalue weighted by molar-refractivity contribution is 5.77. The highest BCUT2D eigenvalue weighted by Crippen LogP contribution is 2.23. The van der Waals surface area contributed by atoms with Gasteiger partial charge >= 0.3 is 0 Å². The average Bonchev–Trinajstić information content (AvgIpc) is 2.18. The molecule has 1 atom stereocenters. The molecule has 3 heteroatoms. The van der Waals surface area contributed by atoms with Crippen LogP contribution >= 0.6 is 0 Å². The van der Waals surface area contributed by atoms with Crippen LogP contribution in [0.1, 0.15) is 47.0 Å². The van der Waals surface area contributed by atoms with E-state index in [4.69, 9.17) is 4.74 Å². The summed E-state index contributed by atoms with van der Waals surface area (Å²) >= 11 is 0. The van der Waals surface area contributed by atoms with E-state index in [-0.39, 0.29) is 17.6 Å². The topological polar surface area (TPSA) is 29.5 Å². The lowest BCUT2D eigenvalue weighted by molar-refractivity contribution is -0.152. The van der Waals surface area contributed by atoms with Crippen molar-refractivity contribution >= 4 is 5.91 Å². The number of unbranched alkanes of at least 4 members (excludes halogenated alkanes) is 1. The van der Waals surface area contributed by atoms with Crippen molar-refractivity contribution in [2.75, 3.05) is 13.2 Å². The van der Waals surface area contributed by atoms with Gasteiger partial charge in [0.15, 0.2) is 0 Å². The number of nitrogens with zero attached hydrogens (tertiary/aromatic N) is 1. The summed E-state index contributed by atoms with van der Waals surface area (Å²) in [6.07, 6.45) is 2.91. The Morgan fingerprint density at radius 1 is 1.53 bits per heavy atom. The third-order valence-electron chi connectivity index (χ3n) is 2.94. The fraction of sp³-hybridized carbons (Fsp3) is 0.917. The van der Waals surface area contributed by atoms with E-state index >= 15 is 0 Å². The average molecular weight is 213 g/mol. The fourth-order valence-corrected chi connectivity index (χ4v) is 1.88. The quantitative estimate of drug-likeness (QED) is 0.719. The van der Waals surface area contributed by atoms with Crippen molar-refractivity contribution < 1.29 is 9.53 Å². The van der Waals surface area contributed by atoms with Crippen LogP contribution < -0.4 is 0 Å². The van der Waals surface area contributed by atoms with Crippen molar-refractivity contribution in [1.29, 1.82) is 0 Å². The molecular formula is C12H23NO2. The second kappa shape index (κ2) is 4.97. The molecule has 1 heterocycles. The van der Waals surface area contributed by atoms with E-state index in [0.717, 1.165) is 19.4 Å². The van der Waals surface area contributed by atoms with Gasteiger partial charge in [-0.25, -0.2) is 0 Å². The molecule has 0 radical (unpaired) electrons. The molecular weight excluding hydrogens is 190 g/mol. The molecule has 0 aliphatic carbocycles. The summed E-state index contributed by atoms with van der Waals surface area (Å²) in [4.78, 5) is 14.0. The monoisotopic (exact) mass is 213 g/mol. The molecule has 0 saturated carbocycles. The summed E-state index contributed by atoms with van der Waals surface area (Å²) in [6.45, 7) is 9.66. The smallest absolute Gasteiger partial charge is 0.223 e. The predicted molar refractivity (Wildman–Crippen MR) is 60.7 cm³/mol. The normalized spacial score (nSPS) is 25.3. The van der Waals surface area contributed by atoms with Gasteiger partial charge in [0, 0.05) is 13.0 Å². The van der Waals surface area contributed by atoms with Crippen LogP contribution in [0.15, 0.2) is 0 Å². The van der Waals surface area contributed by atoms with Gasteiger partial charge < -0.3 is 9.64 Å². The number of carbonyl (C=O) groups is 1. The van der Waals surface area contributed by atoms with Gasteiger partial charge in [-0.15, -0.1) is 0 Å². The van der Waals surface area contributed by atoms with Gasteiger partial charge in [-0.1, -0.05) is 13.3 Å². The Morgan fingerprint density at radius 3 is 2.80 bits per heavy atom. The Balaban J connectivity index is 2.59. The second-order valence-electron chi connectivity index (χ2n) is 5.04. The molecule has 0 aromatic rings. The number of amides is 1. The summed E-state index contributed by atoms with van der Waals surface area (Å²) < 4.78 is 5.58. The van der Waals surface area contributed by atoms with Crippen LogP contribution in [0.4, 0.5) is 0 Å². The predicted octanol–water partition coefficient (Wildman–Crippen LogP) is 2.20. The minimum atomic E-state index is -0.142. The Morgan fingerprint density at radius 2 is 2.20 bits per heavy atom. The zero-order valence-corrected chi connectivity index (χ0v) is 10.4. The van der Waals surface area contributed by atoms with Crippen LogP contribution in [0, 0.1) is 0 Å². The van der Waals surface area contributed by atoms with Gasteiger partial charge in [-0.2, -0.15) is 0 Å². The molecule has 3 nitrogen and oxygen atoms in total. The van der Waals surface area contributed by atoms with Crippen LogP contribution in [-0.4, -0.2) is 35.6 Å². The lowest BCUT2D eigenvalue weighted by Crippen LogP contribution is -2.57.